The summed E-state index contributed by atoms with van der Waals surface area (Å²) in [6.07, 6.45) is 11.1. The summed E-state index contributed by atoms with van der Waals surface area (Å²) in [4.78, 5) is 2.53. The first-order valence-corrected chi connectivity index (χ1v) is 11.3. The van der Waals surface area contributed by atoms with Crippen LogP contribution >= 0.6 is 0 Å². The monoisotopic (exact) mass is 424 g/mol. The zero-order chi connectivity index (χ0) is 22.2. The Morgan fingerprint density at radius 2 is 1.84 bits per heavy atom. The molecule has 3 aromatic heterocycles. The van der Waals surface area contributed by atoms with Crippen molar-refractivity contribution >= 4 is 11.2 Å². The van der Waals surface area contributed by atoms with Crippen molar-refractivity contribution in [3.8, 4) is 28.3 Å². The molecule has 1 aromatic carbocycles. The van der Waals surface area contributed by atoms with Gasteiger partial charge in [-0.15, -0.1) is 0 Å². The second kappa shape index (κ2) is 8.16. The third-order valence-corrected chi connectivity index (χ3v) is 6.66. The zero-order valence-corrected chi connectivity index (χ0v) is 18.8. The van der Waals surface area contributed by atoms with E-state index in [1.54, 1.807) is 0 Å². The van der Waals surface area contributed by atoms with Gasteiger partial charge in [-0.25, -0.2) is 4.52 Å². The summed E-state index contributed by atoms with van der Waals surface area (Å²) in [6.45, 7) is 4.31. The van der Waals surface area contributed by atoms with Gasteiger partial charge in [0.2, 0.25) is 0 Å². The molecule has 3 atom stereocenters. The fourth-order valence-corrected chi connectivity index (χ4v) is 5.06. The van der Waals surface area contributed by atoms with E-state index in [4.69, 9.17) is 0 Å². The average molecular weight is 425 g/mol. The van der Waals surface area contributed by atoms with E-state index in [-0.39, 0.29) is 5.92 Å². The molecule has 1 fully saturated rings. The lowest BCUT2D eigenvalue weighted by Gasteiger charge is -2.32. The van der Waals surface area contributed by atoms with Crippen LogP contribution in [0, 0.1) is 17.2 Å². The molecule has 4 aromatic rings. The van der Waals surface area contributed by atoms with Gasteiger partial charge in [0, 0.05) is 48.6 Å². The van der Waals surface area contributed by atoms with Crippen LogP contribution in [0.2, 0.25) is 0 Å². The fourth-order valence-electron chi connectivity index (χ4n) is 5.06. The Kier molecular flexibility index (Phi) is 5.18. The van der Waals surface area contributed by atoms with E-state index >= 15 is 0 Å². The molecule has 0 bridgehead atoms. The van der Waals surface area contributed by atoms with Crippen molar-refractivity contribution in [1.29, 1.82) is 5.26 Å². The number of anilines is 1. The van der Waals surface area contributed by atoms with Gasteiger partial charge in [0.15, 0.2) is 0 Å². The van der Waals surface area contributed by atoms with Crippen molar-refractivity contribution in [2.45, 2.75) is 45.2 Å². The molecule has 0 aliphatic carbocycles. The van der Waals surface area contributed by atoms with Crippen LogP contribution in [-0.4, -0.2) is 31.5 Å². The molecule has 6 heteroatoms. The van der Waals surface area contributed by atoms with Crippen LogP contribution in [0.4, 0.5) is 5.69 Å². The van der Waals surface area contributed by atoms with E-state index in [1.165, 1.54) is 5.69 Å². The van der Waals surface area contributed by atoms with Gasteiger partial charge in [0.1, 0.15) is 0 Å². The summed E-state index contributed by atoms with van der Waals surface area (Å²) in [5.74, 6) is 0.0527. The van der Waals surface area contributed by atoms with E-state index in [9.17, 15) is 5.26 Å². The molecular weight excluding hydrogens is 396 g/mol. The minimum absolute atomic E-state index is 0.0527. The minimum Gasteiger partial charge on any atom is -0.364 e. The smallest absolute Gasteiger partial charge is 0.0973 e. The number of nitrogens with zero attached hydrogens (tertiary/aromatic N) is 6. The first-order valence-electron chi connectivity index (χ1n) is 11.3. The molecule has 162 valence electrons. The maximum atomic E-state index is 9.37. The second-order valence-corrected chi connectivity index (χ2v) is 8.98. The van der Waals surface area contributed by atoms with Gasteiger partial charge in [0.05, 0.1) is 29.7 Å². The Balaban J connectivity index is 1.56. The van der Waals surface area contributed by atoms with E-state index < -0.39 is 0 Å². The molecular formula is C26H28N6. The normalized spacial score (nSPS) is 19.4. The molecule has 0 spiro atoms. The van der Waals surface area contributed by atoms with Gasteiger partial charge in [-0.3, -0.25) is 4.68 Å². The van der Waals surface area contributed by atoms with Gasteiger partial charge < -0.3 is 4.90 Å². The summed E-state index contributed by atoms with van der Waals surface area (Å²) in [6, 6.07) is 16.1. The molecule has 6 nitrogen and oxygen atoms in total. The first kappa shape index (κ1) is 20.3. The largest absolute Gasteiger partial charge is 0.364 e. The molecule has 32 heavy (non-hydrogen) atoms. The van der Waals surface area contributed by atoms with Crippen LogP contribution in [0.3, 0.4) is 0 Å². The van der Waals surface area contributed by atoms with Gasteiger partial charge in [0.25, 0.3) is 0 Å². The maximum absolute atomic E-state index is 9.37. The Labute approximate surface area is 188 Å². The first-order chi connectivity index (χ1) is 15.5. The van der Waals surface area contributed by atoms with E-state index in [0.29, 0.717) is 12.1 Å². The Hall–Kier alpha value is -3.59. The van der Waals surface area contributed by atoms with Crippen LogP contribution in [0.1, 0.15) is 33.1 Å². The molecule has 4 heterocycles. The van der Waals surface area contributed by atoms with Crippen molar-refractivity contribution in [1.82, 2.24) is 19.4 Å². The topological polar surface area (TPSA) is 62.1 Å². The Morgan fingerprint density at radius 1 is 1.06 bits per heavy atom. The van der Waals surface area contributed by atoms with Crippen molar-refractivity contribution in [3.05, 3.63) is 61.2 Å². The highest BCUT2D eigenvalue weighted by Crippen LogP contribution is 2.39. The number of nitriles is 1. The average Bonchev–Trinajstić information content (AvgIpc) is 3.52. The van der Waals surface area contributed by atoms with Gasteiger partial charge in [-0.2, -0.15) is 15.5 Å². The lowest BCUT2D eigenvalue weighted by atomic mass is 10.00. The summed E-state index contributed by atoms with van der Waals surface area (Å²) in [5.41, 5.74) is 6.87. The summed E-state index contributed by atoms with van der Waals surface area (Å²) >= 11 is 0. The Morgan fingerprint density at radius 3 is 2.56 bits per heavy atom. The van der Waals surface area contributed by atoms with E-state index in [0.717, 1.165) is 47.0 Å². The maximum Gasteiger partial charge on any atom is 0.0973 e. The highest BCUT2D eigenvalue weighted by atomic mass is 15.3. The number of pyridine rings is 1. The number of fused-ring (bicyclic) bond motifs is 1. The molecule has 5 rings (SSSR count). The van der Waals surface area contributed by atoms with Crippen LogP contribution in [0.15, 0.2) is 61.2 Å². The molecule has 3 unspecified atom stereocenters. The lowest BCUT2D eigenvalue weighted by molar-refractivity contribution is 0.529. The molecule has 0 saturated carbocycles. The van der Waals surface area contributed by atoms with Gasteiger partial charge >= 0.3 is 0 Å². The quantitative estimate of drug-likeness (QED) is 0.436. The summed E-state index contributed by atoms with van der Waals surface area (Å²) in [7, 11) is 1.93. The number of hydrogen-bond acceptors (Lipinski definition) is 4. The Bertz CT molecular complexity index is 1280. The van der Waals surface area contributed by atoms with E-state index in [2.05, 4.69) is 64.5 Å². The zero-order valence-electron chi connectivity index (χ0n) is 18.8. The van der Waals surface area contributed by atoms with E-state index in [1.807, 2.05) is 48.0 Å². The highest BCUT2D eigenvalue weighted by molar-refractivity contribution is 5.90. The molecule has 0 radical (unpaired) electrons. The predicted molar refractivity (Wildman–Crippen MR) is 127 cm³/mol. The van der Waals surface area contributed by atoms with Gasteiger partial charge in [-0.05, 0) is 56.4 Å². The second-order valence-electron chi connectivity index (χ2n) is 8.98. The number of aryl methyl sites for hydroxylation is 1. The minimum atomic E-state index is 0.0527. The molecule has 1 aliphatic heterocycles. The number of rotatable bonds is 5. The number of aromatic nitrogens is 4. The number of hydrogen-bond donors (Lipinski definition) is 0. The molecule has 0 amide bonds. The van der Waals surface area contributed by atoms with Crippen LogP contribution < -0.4 is 4.90 Å². The van der Waals surface area contributed by atoms with Crippen molar-refractivity contribution in [2.75, 3.05) is 4.90 Å². The van der Waals surface area contributed by atoms with Crippen molar-refractivity contribution in [2.24, 2.45) is 13.0 Å². The molecule has 1 saturated heterocycles. The van der Waals surface area contributed by atoms with Crippen molar-refractivity contribution < 1.29 is 0 Å². The standard InChI is InChI=1S/C26H28N6/c1-18(14-27)13-23-11-6-19(2)32(23)25-5-4-12-31-26(25)24(16-29-31)21-9-7-20(8-10-21)22-15-28-30(3)17-22/h4-5,7-10,12,15-19,23H,6,11,13H2,1-3H3. The fraction of sp³-hybridized carbons (Fsp3) is 0.346. The van der Waals surface area contributed by atoms with Crippen molar-refractivity contribution in [3.63, 3.8) is 0 Å². The van der Waals surface area contributed by atoms with Gasteiger partial charge in [-0.1, -0.05) is 24.3 Å². The third kappa shape index (κ3) is 3.54. The van der Waals surface area contributed by atoms with Crippen LogP contribution in [0.5, 0.6) is 0 Å². The van der Waals surface area contributed by atoms with Crippen LogP contribution in [-0.2, 0) is 7.05 Å². The number of benzene rings is 1. The third-order valence-electron chi connectivity index (χ3n) is 6.66. The molecule has 1 aliphatic rings. The lowest BCUT2D eigenvalue weighted by Crippen LogP contribution is -2.35. The predicted octanol–water partition coefficient (Wildman–Crippen LogP) is 5.31. The molecule has 0 N–H and O–H groups in total. The summed E-state index contributed by atoms with van der Waals surface area (Å²) in [5, 5.41) is 18.3. The highest BCUT2D eigenvalue weighted by Gasteiger charge is 2.33. The van der Waals surface area contributed by atoms with Crippen LogP contribution in [0.25, 0.3) is 27.8 Å². The SMILES string of the molecule is CC(C#N)CC1CCC(C)N1c1cccn2ncc(-c3ccc(-c4cnn(C)c4)cc3)c12. The summed E-state index contributed by atoms with van der Waals surface area (Å²) < 4.78 is 3.80.